The van der Waals surface area contributed by atoms with Gasteiger partial charge >= 0.3 is 12.1 Å². The predicted molar refractivity (Wildman–Crippen MR) is 123 cm³/mol. The molecule has 9 nitrogen and oxygen atoms in total. The molecule has 2 fully saturated rings. The Balaban J connectivity index is 2.13. The number of fused-ring (bicyclic) bond motifs is 1. The lowest BCUT2D eigenvalue weighted by molar-refractivity contribution is -0.147. The van der Waals surface area contributed by atoms with Crippen LogP contribution in [0.4, 0.5) is 4.79 Å². The minimum absolute atomic E-state index is 0.0760. The summed E-state index contributed by atoms with van der Waals surface area (Å²) in [5.41, 5.74) is -0.693. The largest absolute Gasteiger partial charge is 0.467 e. The Hall–Kier alpha value is -2.58. The lowest BCUT2D eigenvalue weighted by Gasteiger charge is -2.32. The number of nitrogens with zero attached hydrogens (tertiary/aromatic N) is 1. The molecular weight excluding hydrogens is 426 g/mol. The first-order valence-electron chi connectivity index (χ1n) is 11.8. The fourth-order valence-electron chi connectivity index (χ4n) is 4.30. The number of hydrogen-bond acceptors (Lipinski definition) is 6. The summed E-state index contributed by atoms with van der Waals surface area (Å²) < 4.78 is 10.1. The maximum absolute atomic E-state index is 13.5. The molecule has 1 saturated heterocycles. The first-order chi connectivity index (χ1) is 15.5. The third-order valence-electron chi connectivity index (χ3n) is 6.05. The molecule has 0 bridgehead atoms. The minimum atomic E-state index is -0.792. The summed E-state index contributed by atoms with van der Waals surface area (Å²) >= 11 is 0. The van der Waals surface area contributed by atoms with Gasteiger partial charge < -0.3 is 25.0 Å². The second kappa shape index (κ2) is 11.5. The molecule has 0 aromatic heterocycles. The average Bonchev–Trinajstić information content (AvgIpc) is 3.40. The van der Waals surface area contributed by atoms with Gasteiger partial charge in [0.25, 0.3) is 0 Å². The van der Waals surface area contributed by atoms with Crippen LogP contribution >= 0.6 is 0 Å². The van der Waals surface area contributed by atoms with Gasteiger partial charge in [-0.15, -0.1) is 6.58 Å². The van der Waals surface area contributed by atoms with E-state index in [9.17, 15) is 19.2 Å². The van der Waals surface area contributed by atoms with Crippen molar-refractivity contribution in [2.45, 2.75) is 89.9 Å². The summed E-state index contributed by atoms with van der Waals surface area (Å²) in [7, 11) is 1.28. The van der Waals surface area contributed by atoms with Crippen molar-refractivity contribution < 1.29 is 28.7 Å². The average molecular weight is 466 g/mol. The van der Waals surface area contributed by atoms with E-state index in [0.717, 1.165) is 25.7 Å². The molecule has 2 unspecified atom stereocenters. The van der Waals surface area contributed by atoms with E-state index in [4.69, 9.17) is 9.47 Å². The van der Waals surface area contributed by atoms with Crippen molar-refractivity contribution in [3.8, 4) is 0 Å². The van der Waals surface area contributed by atoms with Gasteiger partial charge in [0.15, 0.2) is 0 Å². The Morgan fingerprint density at radius 2 is 1.85 bits per heavy atom. The molecule has 1 aliphatic carbocycles. The second-order valence-electron chi connectivity index (χ2n) is 9.86. The van der Waals surface area contributed by atoms with Crippen LogP contribution < -0.4 is 10.6 Å². The van der Waals surface area contributed by atoms with E-state index in [-0.39, 0.29) is 23.7 Å². The number of esters is 1. The topological polar surface area (TPSA) is 114 Å². The third-order valence-corrected chi connectivity index (χ3v) is 6.05. The van der Waals surface area contributed by atoms with Gasteiger partial charge in [-0.1, -0.05) is 19.4 Å². The number of unbranched alkanes of at least 4 members (excludes halogenated alkanes) is 2. The summed E-state index contributed by atoms with van der Waals surface area (Å²) in [6.07, 6.45) is 5.24. The molecule has 0 aromatic carbocycles. The van der Waals surface area contributed by atoms with Gasteiger partial charge in [-0.3, -0.25) is 9.59 Å². The SMILES string of the molecule is C=CCCCCC(NC(=O)OC(C)(C)C)C(=O)N1C[C@@H]2C[C@@H]2C1C(=O)N[C@@H](CC)C(=O)OC. The molecule has 3 amide bonds. The second-order valence-corrected chi connectivity index (χ2v) is 9.86. The highest BCUT2D eigenvalue weighted by Gasteiger charge is 2.57. The van der Waals surface area contributed by atoms with E-state index >= 15 is 0 Å². The van der Waals surface area contributed by atoms with Crippen molar-refractivity contribution in [1.82, 2.24) is 15.5 Å². The number of nitrogens with one attached hydrogen (secondary N) is 2. The normalized spacial score (nSPS) is 23.1. The Kier molecular flexibility index (Phi) is 9.31. The van der Waals surface area contributed by atoms with Gasteiger partial charge in [0.05, 0.1) is 7.11 Å². The summed E-state index contributed by atoms with van der Waals surface area (Å²) in [4.78, 5) is 52.5. The van der Waals surface area contributed by atoms with Gasteiger partial charge in [-0.2, -0.15) is 0 Å². The number of piperidine rings is 1. The summed E-state index contributed by atoms with van der Waals surface area (Å²) in [6, 6.07) is -2.20. The van der Waals surface area contributed by atoms with E-state index in [1.165, 1.54) is 7.11 Å². The third kappa shape index (κ3) is 7.47. The number of methoxy groups -OCH3 is 1. The van der Waals surface area contributed by atoms with Gasteiger partial charge in [0.1, 0.15) is 23.7 Å². The summed E-state index contributed by atoms with van der Waals surface area (Å²) in [6.45, 7) is 11.2. The molecule has 186 valence electrons. The van der Waals surface area contributed by atoms with Crippen LogP contribution in [0.2, 0.25) is 0 Å². The molecule has 1 aliphatic heterocycles. The highest BCUT2D eigenvalue weighted by molar-refractivity contribution is 5.94. The number of carbonyl (C=O) groups is 4. The van der Waals surface area contributed by atoms with E-state index < -0.39 is 35.8 Å². The highest BCUT2D eigenvalue weighted by atomic mass is 16.6. The van der Waals surface area contributed by atoms with Crippen LogP contribution in [0.1, 0.15) is 66.2 Å². The number of allylic oxidation sites excluding steroid dienone is 1. The zero-order valence-electron chi connectivity index (χ0n) is 20.5. The van der Waals surface area contributed by atoms with Crippen LogP contribution in [0.25, 0.3) is 0 Å². The maximum atomic E-state index is 13.5. The number of hydrogen-bond donors (Lipinski definition) is 2. The van der Waals surface area contributed by atoms with Crippen LogP contribution in [-0.4, -0.2) is 66.2 Å². The standard InChI is InChI=1S/C24H39N3O6/c1-7-9-10-11-12-18(26-23(31)33-24(3,4)5)21(29)27-14-15-13-16(15)19(27)20(28)25-17(8-2)22(30)32-6/h7,15-19H,1,8-14H2,2-6H3,(H,25,28)(H,26,31)/t15-,16-,17-,18?,19?/m0/s1. The van der Waals surface area contributed by atoms with Gasteiger partial charge in [-0.25, -0.2) is 9.59 Å². The first kappa shape index (κ1) is 26.7. The van der Waals surface area contributed by atoms with Crippen molar-refractivity contribution in [2.24, 2.45) is 11.8 Å². The quantitative estimate of drug-likeness (QED) is 0.275. The number of likely N-dealkylation sites (tertiary alicyclic amines) is 1. The molecule has 2 rings (SSSR count). The zero-order valence-corrected chi connectivity index (χ0v) is 20.5. The number of alkyl carbamates (subject to hydrolysis) is 1. The predicted octanol–water partition coefficient (Wildman–Crippen LogP) is 2.54. The smallest absolute Gasteiger partial charge is 0.408 e. The lowest BCUT2D eigenvalue weighted by atomic mass is 10.0. The fraction of sp³-hybridized carbons (Fsp3) is 0.750. The number of carbonyl (C=O) groups excluding carboxylic acids is 4. The molecule has 2 N–H and O–H groups in total. The van der Waals surface area contributed by atoms with E-state index in [2.05, 4.69) is 17.2 Å². The Bertz CT molecular complexity index is 747. The highest BCUT2D eigenvalue weighted by Crippen LogP contribution is 2.49. The van der Waals surface area contributed by atoms with Crippen molar-refractivity contribution in [1.29, 1.82) is 0 Å². The molecule has 1 heterocycles. The van der Waals surface area contributed by atoms with Crippen molar-refractivity contribution >= 4 is 23.9 Å². The van der Waals surface area contributed by atoms with E-state index in [1.54, 1.807) is 32.6 Å². The molecule has 1 saturated carbocycles. The minimum Gasteiger partial charge on any atom is -0.467 e. The Labute approximate surface area is 196 Å². The number of ether oxygens (including phenoxy) is 2. The first-order valence-corrected chi connectivity index (χ1v) is 11.8. The van der Waals surface area contributed by atoms with Crippen LogP contribution in [0, 0.1) is 11.8 Å². The van der Waals surface area contributed by atoms with E-state index in [1.807, 2.05) is 6.08 Å². The van der Waals surface area contributed by atoms with Crippen molar-refractivity contribution in [3.05, 3.63) is 12.7 Å². The summed E-state index contributed by atoms with van der Waals surface area (Å²) in [5.74, 6) is -0.815. The Morgan fingerprint density at radius 3 is 2.42 bits per heavy atom. The van der Waals surface area contributed by atoms with Crippen LogP contribution in [0.5, 0.6) is 0 Å². The van der Waals surface area contributed by atoms with Gasteiger partial charge in [0, 0.05) is 6.54 Å². The molecule has 9 heteroatoms. The lowest BCUT2D eigenvalue weighted by Crippen LogP contribution is -2.57. The van der Waals surface area contributed by atoms with Gasteiger partial charge in [0.2, 0.25) is 11.8 Å². The van der Waals surface area contributed by atoms with Gasteiger partial charge in [-0.05, 0) is 64.7 Å². The van der Waals surface area contributed by atoms with Crippen LogP contribution in [-0.2, 0) is 23.9 Å². The maximum Gasteiger partial charge on any atom is 0.408 e. The molecule has 0 aromatic rings. The monoisotopic (exact) mass is 465 g/mol. The van der Waals surface area contributed by atoms with Crippen LogP contribution in [0.15, 0.2) is 12.7 Å². The van der Waals surface area contributed by atoms with Crippen molar-refractivity contribution in [3.63, 3.8) is 0 Å². The molecular formula is C24H39N3O6. The zero-order chi connectivity index (χ0) is 24.8. The fourth-order valence-corrected chi connectivity index (χ4v) is 4.30. The van der Waals surface area contributed by atoms with Crippen molar-refractivity contribution in [2.75, 3.05) is 13.7 Å². The molecule has 0 radical (unpaired) electrons. The molecule has 5 atom stereocenters. The molecule has 2 aliphatic rings. The number of rotatable bonds is 11. The number of amides is 3. The Morgan fingerprint density at radius 1 is 1.15 bits per heavy atom. The molecule has 33 heavy (non-hydrogen) atoms. The molecule has 0 spiro atoms. The van der Waals surface area contributed by atoms with Crippen LogP contribution in [0.3, 0.4) is 0 Å². The summed E-state index contributed by atoms with van der Waals surface area (Å²) in [5, 5.41) is 5.45. The van der Waals surface area contributed by atoms with E-state index in [0.29, 0.717) is 19.4 Å².